The van der Waals surface area contributed by atoms with Crippen molar-refractivity contribution >= 4 is 16.9 Å². The molecule has 2 heterocycles. The molecule has 0 bridgehead atoms. The van der Waals surface area contributed by atoms with E-state index in [0.29, 0.717) is 11.8 Å². The summed E-state index contributed by atoms with van der Waals surface area (Å²) in [5.74, 6) is 0.717. The van der Waals surface area contributed by atoms with Gasteiger partial charge in [0, 0.05) is 35.9 Å². The standard InChI is InChI=1S/C38H49N3O/c1-3-4-26-40-37(42)38(28-31-18-9-7-10-19-31,33-22-13-5-6-14-23-33)25-15-17-30(2)41-29-35(32-20-11-8-12-21-32)34-24-16-27-39-36(34)41/h7-12,16,18-21,24,27,29-30,33H,3-6,13-15,17,22-23,25-26,28H2,1-2H3,(H,40,42). The number of carbonyl (C=O) groups excluding carboxylic acids is 1. The molecular formula is C38H49N3O. The number of hydrogen-bond acceptors (Lipinski definition) is 2. The monoisotopic (exact) mass is 563 g/mol. The molecule has 222 valence electrons. The number of fused-ring (bicyclic) bond motifs is 1. The molecule has 0 saturated heterocycles. The molecule has 5 rings (SSSR count). The van der Waals surface area contributed by atoms with Gasteiger partial charge in [-0.15, -0.1) is 0 Å². The zero-order valence-corrected chi connectivity index (χ0v) is 25.7. The highest BCUT2D eigenvalue weighted by Gasteiger charge is 2.44. The average molecular weight is 564 g/mol. The lowest BCUT2D eigenvalue weighted by Gasteiger charge is -2.40. The summed E-state index contributed by atoms with van der Waals surface area (Å²) in [5, 5.41) is 4.62. The molecule has 1 fully saturated rings. The van der Waals surface area contributed by atoms with E-state index in [-0.39, 0.29) is 11.5 Å². The average Bonchev–Trinajstić information content (AvgIpc) is 3.20. The van der Waals surface area contributed by atoms with Crippen LogP contribution in [0.3, 0.4) is 0 Å². The Kier molecular flexibility index (Phi) is 10.5. The van der Waals surface area contributed by atoms with Gasteiger partial charge in [0.2, 0.25) is 5.91 Å². The summed E-state index contributed by atoms with van der Waals surface area (Å²) in [6, 6.07) is 25.9. The summed E-state index contributed by atoms with van der Waals surface area (Å²) in [7, 11) is 0. The molecule has 1 N–H and O–H groups in total. The quantitative estimate of drug-likeness (QED) is 0.130. The molecule has 2 unspecified atom stereocenters. The third kappa shape index (κ3) is 6.97. The fourth-order valence-corrected chi connectivity index (χ4v) is 7.28. The number of benzene rings is 2. The molecule has 0 radical (unpaired) electrons. The lowest BCUT2D eigenvalue weighted by atomic mass is 9.64. The van der Waals surface area contributed by atoms with Gasteiger partial charge in [0.1, 0.15) is 5.65 Å². The molecule has 4 nitrogen and oxygen atoms in total. The number of aromatic nitrogens is 2. The summed E-state index contributed by atoms with van der Waals surface area (Å²) in [6.07, 6.45) is 17.5. The number of pyridine rings is 1. The SMILES string of the molecule is CCCCNC(=O)C(CCCC(C)n1cc(-c2ccccc2)c2cccnc21)(Cc1ccccc1)C1CCCCCC1. The van der Waals surface area contributed by atoms with Gasteiger partial charge >= 0.3 is 0 Å². The van der Waals surface area contributed by atoms with Crippen LogP contribution in [0.1, 0.15) is 96.1 Å². The first-order valence-corrected chi connectivity index (χ1v) is 16.5. The molecule has 2 aromatic heterocycles. The van der Waals surface area contributed by atoms with E-state index >= 15 is 0 Å². The van der Waals surface area contributed by atoms with Crippen molar-refractivity contribution in [2.75, 3.05) is 6.54 Å². The second-order valence-corrected chi connectivity index (χ2v) is 12.5. The Morgan fingerprint density at radius 2 is 1.67 bits per heavy atom. The lowest BCUT2D eigenvalue weighted by molar-refractivity contribution is -0.135. The Hall–Kier alpha value is -3.40. The number of nitrogens with one attached hydrogen (secondary N) is 1. The van der Waals surface area contributed by atoms with Gasteiger partial charge in [-0.25, -0.2) is 4.98 Å². The Bertz CT molecular complexity index is 1390. The lowest BCUT2D eigenvalue weighted by Crippen LogP contribution is -2.48. The molecule has 1 aliphatic rings. The van der Waals surface area contributed by atoms with Gasteiger partial charge in [-0.05, 0) is 74.6 Å². The van der Waals surface area contributed by atoms with Gasteiger partial charge in [0.15, 0.2) is 0 Å². The van der Waals surface area contributed by atoms with Crippen molar-refractivity contribution in [1.82, 2.24) is 14.9 Å². The molecule has 1 saturated carbocycles. The third-order valence-electron chi connectivity index (χ3n) is 9.66. The van der Waals surface area contributed by atoms with Crippen molar-refractivity contribution in [2.45, 2.75) is 96.9 Å². The molecular weight excluding hydrogens is 514 g/mol. The number of unbranched alkanes of at least 4 members (excludes halogenated alkanes) is 1. The van der Waals surface area contributed by atoms with Crippen LogP contribution in [0.2, 0.25) is 0 Å². The molecule has 0 aliphatic heterocycles. The van der Waals surface area contributed by atoms with Crippen molar-refractivity contribution in [3.8, 4) is 11.1 Å². The Morgan fingerprint density at radius 3 is 2.38 bits per heavy atom. The van der Waals surface area contributed by atoms with Crippen LogP contribution in [0.15, 0.2) is 85.2 Å². The number of rotatable bonds is 13. The maximum absolute atomic E-state index is 14.3. The Labute approximate surface area is 253 Å². The van der Waals surface area contributed by atoms with Crippen molar-refractivity contribution in [2.24, 2.45) is 11.3 Å². The minimum absolute atomic E-state index is 0.284. The molecule has 0 spiro atoms. The zero-order chi connectivity index (χ0) is 29.2. The predicted octanol–water partition coefficient (Wildman–Crippen LogP) is 9.55. The first kappa shape index (κ1) is 30.1. The smallest absolute Gasteiger partial charge is 0.226 e. The first-order valence-electron chi connectivity index (χ1n) is 16.5. The summed E-state index contributed by atoms with van der Waals surface area (Å²) in [4.78, 5) is 19.1. The van der Waals surface area contributed by atoms with E-state index in [2.05, 4.69) is 96.7 Å². The number of amides is 1. The summed E-state index contributed by atoms with van der Waals surface area (Å²) >= 11 is 0. The number of carbonyl (C=O) groups is 1. The van der Waals surface area contributed by atoms with Crippen LogP contribution in [0.5, 0.6) is 0 Å². The summed E-state index contributed by atoms with van der Waals surface area (Å²) in [6.45, 7) is 5.28. The largest absolute Gasteiger partial charge is 0.356 e. The van der Waals surface area contributed by atoms with Crippen molar-refractivity contribution in [3.05, 3.63) is 90.8 Å². The summed E-state index contributed by atoms with van der Waals surface area (Å²) < 4.78 is 2.36. The maximum atomic E-state index is 14.3. The number of nitrogens with zero attached hydrogens (tertiary/aromatic N) is 2. The molecule has 42 heavy (non-hydrogen) atoms. The van der Waals surface area contributed by atoms with Crippen molar-refractivity contribution in [3.63, 3.8) is 0 Å². The normalized spacial score (nSPS) is 16.5. The second kappa shape index (κ2) is 14.7. The molecule has 1 aliphatic carbocycles. The van der Waals surface area contributed by atoms with E-state index < -0.39 is 0 Å². The molecule has 4 aromatic rings. The summed E-state index contributed by atoms with van der Waals surface area (Å²) in [5.41, 5.74) is 4.41. The highest BCUT2D eigenvalue weighted by molar-refractivity contribution is 5.94. The van der Waals surface area contributed by atoms with Crippen LogP contribution in [0.25, 0.3) is 22.2 Å². The van der Waals surface area contributed by atoms with Gasteiger partial charge in [-0.2, -0.15) is 0 Å². The fourth-order valence-electron chi connectivity index (χ4n) is 7.28. The highest BCUT2D eigenvalue weighted by atomic mass is 16.2. The van der Waals surface area contributed by atoms with Gasteiger partial charge in [-0.1, -0.05) is 106 Å². The van der Waals surface area contributed by atoms with Crippen LogP contribution in [-0.2, 0) is 11.2 Å². The van der Waals surface area contributed by atoms with E-state index in [4.69, 9.17) is 4.98 Å². The third-order valence-corrected chi connectivity index (χ3v) is 9.66. The van der Waals surface area contributed by atoms with Gasteiger partial charge in [-0.3, -0.25) is 4.79 Å². The highest BCUT2D eigenvalue weighted by Crippen LogP contribution is 2.45. The van der Waals surface area contributed by atoms with E-state index in [1.165, 1.54) is 47.8 Å². The molecule has 1 amide bonds. The van der Waals surface area contributed by atoms with Crippen molar-refractivity contribution < 1.29 is 4.79 Å². The Morgan fingerprint density at radius 1 is 0.952 bits per heavy atom. The van der Waals surface area contributed by atoms with E-state index in [1.807, 2.05) is 12.3 Å². The minimum Gasteiger partial charge on any atom is -0.356 e. The van der Waals surface area contributed by atoms with Crippen LogP contribution < -0.4 is 5.32 Å². The van der Waals surface area contributed by atoms with Gasteiger partial charge in [0.05, 0.1) is 5.41 Å². The predicted molar refractivity (Wildman–Crippen MR) is 175 cm³/mol. The van der Waals surface area contributed by atoms with Crippen LogP contribution in [0, 0.1) is 11.3 Å². The second-order valence-electron chi connectivity index (χ2n) is 12.5. The van der Waals surface area contributed by atoms with Crippen LogP contribution in [0.4, 0.5) is 0 Å². The molecule has 2 atom stereocenters. The Balaban J connectivity index is 1.41. The van der Waals surface area contributed by atoms with Gasteiger partial charge in [0.25, 0.3) is 0 Å². The topological polar surface area (TPSA) is 46.9 Å². The first-order chi connectivity index (χ1) is 20.6. The zero-order valence-electron chi connectivity index (χ0n) is 25.7. The van der Waals surface area contributed by atoms with Crippen LogP contribution in [-0.4, -0.2) is 22.0 Å². The molecule has 4 heteroatoms. The van der Waals surface area contributed by atoms with E-state index in [9.17, 15) is 4.79 Å². The van der Waals surface area contributed by atoms with E-state index in [0.717, 1.165) is 63.6 Å². The maximum Gasteiger partial charge on any atom is 0.226 e. The van der Waals surface area contributed by atoms with E-state index in [1.54, 1.807) is 0 Å². The van der Waals surface area contributed by atoms with Crippen molar-refractivity contribution in [1.29, 1.82) is 0 Å². The number of hydrogen-bond donors (Lipinski definition) is 1. The van der Waals surface area contributed by atoms with Gasteiger partial charge < -0.3 is 9.88 Å². The van der Waals surface area contributed by atoms with Crippen LogP contribution >= 0.6 is 0 Å². The minimum atomic E-state index is -0.370. The fraction of sp³-hybridized carbons (Fsp3) is 0.474. The molecule has 2 aromatic carbocycles.